The Balaban J connectivity index is 2.03. The van der Waals surface area contributed by atoms with Gasteiger partial charge in [-0.3, -0.25) is 14.6 Å². The van der Waals surface area contributed by atoms with E-state index in [1.54, 1.807) is 26.2 Å². The van der Waals surface area contributed by atoms with E-state index in [0.29, 0.717) is 28.4 Å². The Morgan fingerprint density at radius 1 is 1.00 bits per heavy atom. The van der Waals surface area contributed by atoms with Gasteiger partial charge in [-0.05, 0) is 42.7 Å². The highest BCUT2D eigenvalue weighted by Gasteiger charge is 2.17. The molecule has 3 rings (SSSR count). The van der Waals surface area contributed by atoms with Crippen molar-refractivity contribution in [3.8, 4) is 28.1 Å². The standard InChI is InChI=1S/C22H21N3O4/c1-12-20(25-21(22(23)28)13(2)24-12)17-9-8-16(11-18(17)29-3)15-6-4-14(5-7-15)10-19(26)27/h4-9,11H,10H2,1-3H3,(H2,23,28)(H,26,27). The normalized spacial score (nSPS) is 10.6. The molecule has 7 heteroatoms. The topological polar surface area (TPSA) is 115 Å². The number of rotatable bonds is 6. The first-order valence-corrected chi connectivity index (χ1v) is 8.94. The number of benzene rings is 2. The zero-order valence-electron chi connectivity index (χ0n) is 16.4. The van der Waals surface area contributed by atoms with Gasteiger partial charge < -0.3 is 15.6 Å². The van der Waals surface area contributed by atoms with Crippen LogP contribution in [-0.4, -0.2) is 34.1 Å². The molecule has 0 spiro atoms. The summed E-state index contributed by atoms with van der Waals surface area (Å²) in [5.74, 6) is -0.921. The number of aliphatic carboxylic acids is 1. The van der Waals surface area contributed by atoms with Crippen LogP contribution >= 0.6 is 0 Å². The minimum Gasteiger partial charge on any atom is -0.496 e. The van der Waals surface area contributed by atoms with Crippen molar-refractivity contribution in [3.05, 3.63) is 65.1 Å². The van der Waals surface area contributed by atoms with Crippen molar-refractivity contribution >= 4 is 11.9 Å². The molecule has 0 aliphatic heterocycles. The summed E-state index contributed by atoms with van der Waals surface area (Å²) in [6.07, 6.45) is -0.0178. The van der Waals surface area contributed by atoms with E-state index in [1.807, 2.05) is 37.3 Å². The lowest BCUT2D eigenvalue weighted by Gasteiger charge is -2.14. The first kappa shape index (κ1) is 20.0. The number of hydrogen-bond donors (Lipinski definition) is 2. The largest absolute Gasteiger partial charge is 0.496 e. The van der Waals surface area contributed by atoms with Gasteiger partial charge in [0.15, 0.2) is 0 Å². The van der Waals surface area contributed by atoms with E-state index in [0.717, 1.165) is 16.7 Å². The van der Waals surface area contributed by atoms with Gasteiger partial charge in [-0.1, -0.05) is 30.3 Å². The third-order valence-electron chi connectivity index (χ3n) is 4.58. The number of methoxy groups -OCH3 is 1. The van der Waals surface area contributed by atoms with E-state index in [9.17, 15) is 9.59 Å². The summed E-state index contributed by atoms with van der Waals surface area (Å²) in [6, 6.07) is 13.0. The fraction of sp³-hybridized carbons (Fsp3) is 0.182. The molecule has 0 aliphatic rings. The van der Waals surface area contributed by atoms with Gasteiger partial charge in [0, 0.05) is 5.56 Å². The maximum atomic E-state index is 11.7. The van der Waals surface area contributed by atoms with Gasteiger partial charge in [0.1, 0.15) is 11.4 Å². The van der Waals surface area contributed by atoms with Gasteiger partial charge in [-0.2, -0.15) is 0 Å². The number of nitrogens with two attached hydrogens (primary N) is 1. The Kier molecular flexibility index (Phi) is 5.59. The highest BCUT2D eigenvalue weighted by atomic mass is 16.5. The Labute approximate surface area is 168 Å². The molecule has 1 heterocycles. The van der Waals surface area contributed by atoms with Crippen LogP contribution in [0.3, 0.4) is 0 Å². The van der Waals surface area contributed by atoms with Gasteiger partial charge in [0.25, 0.3) is 5.91 Å². The molecule has 0 aliphatic carbocycles. The third kappa shape index (κ3) is 4.24. The number of amides is 1. The van der Waals surface area contributed by atoms with Crippen LogP contribution in [0.15, 0.2) is 42.5 Å². The van der Waals surface area contributed by atoms with Crippen molar-refractivity contribution in [1.82, 2.24) is 9.97 Å². The molecule has 1 aromatic heterocycles. The second kappa shape index (κ2) is 8.10. The maximum Gasteiger partial charge on any atom is 0.307 e. The minimum atomic E-state index is -0.867. The Morgan fingerprint density at radius 3 is 2.24 bits per heavy atom. The molecule has 0 saturated carbocycles. The van der Waals surface area contributed by atoms with E-state index >= 15 is 0 Å². The van der Waals surface area contributed by atoms with Crippen LogP contribution in [0.5, 0.6) is 5.75 Å². The molecule has 0 saturated heterocycles. The average Bonchev–Trinajstić information content (AvgIpc) is 2.67. The number of carboxylic acids is 1. The number of ether oxygens (including phenoxy) is 1. The van der Waals surface area contributed by atoms with E-state index in [-0.39, 0.29) is 12.1 Å². The van der Waals surface area contributed by atoms with Crippen LogP contribution < -0.4 is 10.5 Å². The zero-order valence-corrected chi connectivity index (χ0v) is 16.4. The van der Waals surface area contributed by atoms with Gasteiger partial charge in [-0.15, -0.1) is 0 Å². The lowest BCUT2D eigenvalue weighted by molar-refractivity contribution is -0.136. The molecule has 0 bridgehead atoms. The van der Waals surface area contributed by atoms with Crippen molar-refractivity contribution in [2.45, 2.75) is 20.3 Å². The Hall–Kier alpha value is -3.74. The van der Waals surface area contributed by atoms with Crippen LogP contribution in [0, 0.1) is 13.8 Å². The lowest BCUT2D eigenvalue weighted by Crippen LogP contribution is -2.17. The minimum absolute atomic E-state index is 0.0178. The monoisotopic (exact) mass is 391 g/mol. The highest BCUT2D eigenvalue weighted by Crippen LogP contribution is 2.34. The maximum absolute atomic E-state index is 11.7. The number of primary amides is 1. The van der Waals surface area contributed by atoms with E-state index in [2.05, 4.69) is 9.97 Å². The fourth-order valence-corrected chi connectivity index (χ4v) is 3.18. The highest BCUT2D eigenvalue weighted by molar-refractivity contribution is 5.92. The molecule has 0 unspecified atom stereocenters. The summed E-state index contributed by atoms with van der Waals surface area (Å²) in [5, 5.41) is 8.90. The number of carboxylic acid groups (broad SMARTS) is 1. The predicted octanol–water partition coefficient (Wildman–Crippen LogP) is 3.16. The molecule has 0 atom stereocenters. The van der Waals surface area contributed by atoms with E-state index < -0.39 is 11.9 Å². The first-order chi connectivity index (χ1) is 13.8. The molecule has 2 aromatic carbocycles. The molecule has 0 radical (unpaired) electrons. The van der Waals surface area contributed by atoms with Crippen molar-refractivity contribution in [3.63, 3.8) is 0 Å². The number of hydrogen-bond acceptors (Lipinski definition) is 5. The number of carbonyl (C=O) groups is 2. The molecule has 1 amide bonds. The second-order valence-electron chi connectivity index (χ2n) is 6.64. The van der Waals surface area contributed by atoms with Gasteiger partial charge >= 0.3 is 5.97 Å². The summed E-state index contributed by atoms with van der Waals surface area (Å²) in [6.45, 7) is 3.51. The molecular formula is C22H21N3O4. The Bertz CT molecular complexity index is 1090. The quantitative estimate of drug-likeness (QED) is 0.667. The van der Waals surface area contributed by atoms with Crippen LogP contribution in [-0.2, 0) is 11.2 Å². The number of carbonyl (C=O) groups excluding carboxylic acids is 1. The van der Waals surface area contributed by atoms with E-state index in [4.69, 9.17) is 15.6 Å². The molecule has 7 nitrogen and oxygen atoms in total. The summed E-state index contributed by atoms with van der Waals surface area (Å²) in [4.78, 5) is 31.3. The molecule has 148 valence electrons. The van der Waals surface area contributed by atoms with Crippen LogP contribution in [0.4, 0.5) is 0 Å². The number of nitrogens with zero attached hydrogens (tertiary/aromatic N) is 2. The Morgan fingerprint density at radius 2 is 1.66 bits per heavy atom. The van der Waals surface area contributed by atoms with Crippen molar-refractivity contribution < 1.29 is 19.4 Å². The fourth-order valence-electron chi connectivity index (χ4n) is 3.18. The van der Waals surface area contributed by atoms with Gasteiger partial charge in [0.05, 0.1) is 30.6 Å². The summed E-state index contributed by atoms with van der Waals surface area (Å²) in [7, 11) is 1.56. The number of aryl methyl sites for hydroxylation is 2. The lowest BCUT2D eigenvalue weighted by atomic mass is 9.99. The second-order valence-corrected chi connectivity index (χ2v) is 6.64. The van der Waals surface area contributed by atoms with Crippen molar-refractivity contribution in [2.75, 3.05) is 7.11 Å². The molecule has 0 fully saturated rings. The van der Waals surface area contributed by atoms with Crippen molar-refractivity contribution in [2.24, 2.45) is 5.73 Å². The first-order valence-electron chi connectivity index (χ1n) is 8.94. The summed E-state index contributed by atoms with van der Waals surface area (Å²) in [5.41, 5.74) is 10.5. The number of aromatic nitrogens is 2. The SMILES string of the molecule is COc1cc(-c2ccc(CC(=O)O)cc2)ccc1-c1nc(C(N)=O)c(C)nc1C. The van der Waals surface area contributed by atoms with Crippen LogP contribution in [0.1, 0.15) is 27.4 Å². The van der Waals surface area contributed by atoms with Crippen molar-refractivity contribution in [1.29, 1.82) is 0 Å². The molecule has 3 N–H and O–H groups in total. The third-order valence-corrected chi connectivity index (χ3v) is 4.58. The summed E-state index contributed by atoms with van der Waals surface area (Å²) >= 11 is 0. The van der Waals surface area contributed by atoms with Gasteiger partial charge in [-0.25, -0.2) is 4.98 Å². The predicted molar refractivity (Wildman–Crippen MR) is 109 cm³/mol. The van der Waals surface area contributed by atoms with Gasteiger partial charge in [0.2, 0.25) is 0 Å². The smallest absolute Gasteiger partial charge is 0.307 e. The summed E-state index contributed by atoms with van der Waals surface area (Å²) < 4.78 is 5.56. The molecular weight excluding hydrogens is 370 g/mol. The zero-order chi connectivity index (χ0) is 21.1. The van der Waals surface area contributed by atoms with E-state index in [1.165, 1.54) is 0 Å². The van der Waals surface area contributed by atoms with Crippen LogP contribution in [0.25, 0.3) is 22.4 Å². The average molecular weight is 391 g/mol. The van der Waals surface area contributed by atoms with Crippen LogP contribution in [0.2, 0.25) is 0 Å². The molecule has 29 heavy (non-hydrogen) atoms. The molecule has 3 aromatic rings.